The quantitative estimate of drug-likeness (QED) is 0.583. The molecular formula is C8H13N3S. The Kier molecular flexibility index (Phi) is 7.17. The molecule has 1 heterocycles. The average molecular weight is 183 g/mol. The molecule has 0 unspecified atom stereocenters. The fourth-order valence-electron chi connectivity index (χ4n) is 0.438. The molecule has 0 saturated carbocycles. The second kappa shape index (κ2) is 7.94. The van der Waals surface area contributed by atoms with Gasteiger partial charge in [0.2, 0.25) is 0 Å². The molecule has 0 atom stereocenters. The van der Waals surface area contributed by atoms with Crippen molar-refractivity contribution in [1.82, 2.24) is 15.6 Å². The van der Waals surface area contributed by atoms with Gasteiger partial charge in [0.1, 0.15) is 0 Å². The summed E-state index contributed by atoms with van der Waals surface area (Å²) < 4.78 is 0. The maximum atomic E-state index is 4.63. The minimum Gasteiger partial charge on any atom is -0.366 e. The normalized spacial score (nSPS) is 7.50. The molecule has 2 N–H and O–H groups in total. The summed E-state index contributed by atoms with van der Waals surface area (Å²) in [5, 5.41) is 6.15. The Morgan fingerprint density at radius 1 is 1.08 bits per heavy atom. The molecule has 0 aliphatic carbocycles. The highest BCUT2D eigenvalue weighted by atomic mass is 32.1. The number of thiocarbonyl (C=S) groups is 1. The first-order chi connectivity index (χ1) is 5.81. The van der Waals surface area contributed by atoms with Crippen LogP contribution in [0, 0.1) is 0 Å². The second-order valence-corrected chi connectivity index (χ2v) is 2.26. The molecule has 0 aliphatic rings. The van der Waals surface area contributed by atoms with Crippen LogP contribution >= 0.6 is 12.2 Å². The number of rotatable bonds is 0. The van der Waals surface area contributed by atoms with Crippen LogP contribution in [-0.4, -0.2) is 24.2 Å². The summed E-state index contributed by atoms with van der Waals surface area (Å²) in [6, 6.07) is 5.72. The summed E-state index contributed by atoms with van der Waals surface area (Å²) >= 11 is 4.63. The predicted octanol–water partition coefficient (Wildman–Crippen LogP) is 0.792. The van der Waals surface area contributed by atoms with Crippen LogP contribution in [0.2, 0.25) is 0 Å². The topological polar surface area (TPSA) is 37.0 Å². The largest absolute Gasteiger partial charge is 0.366 e. The van der Waals surface area contributed by atoms with E-state index in [-0.39, 0.29) is 0 Å². The van der Waals surface area contributed by atoms with Crippen molar-refractivity contribution in [2.75, 3.05) is 14.1 Å². The average Bonchev–Trinajstić information content (AvgIpc) is 2.20. The van der Waals surface area contributed by atoms with Crippen molar-refractivity contribution >= 4 is 17.3 Å². The molecule has 1 rings (SSSR count). The van der Waals surface area contributed by atoms with Crippen LogP contribution in [0.25, 0.3) is 0 Å². The Morgan fingerprint density at radius 2 is 1.58 bits per heavy atom. The van der Waals surface area contributed by atoms with E-state index in [9.17, 15) is 0 Å². The van der Waals surface area contributed by atoms with Gasteiger partial charge in [-0.3, -0.25) is 4.98 Å². The lowest BCUT2D eigenvalue weighted by molar-refractivity contribution is 1.06. The van der Waals surface area contributed by atoms with E-state index in [1.807, 2.05) is 18.2 Å². The van der Waals surface area contributed by atoms with Crippen molar-refractivity contribution in [1.29, 1.82) is 0 Å². The SMILES string of the molecule is CNC(=S)NC.c1ccncc1. The first kappa shape index (κ1) is 10.8. The first-order valence-corrected chi connectivity index (χ1v) is 3.96. The van der Waals surface area contributed by atoms with E-state index >= 15 is 0 Å². The lowest BCUT2D eigenvalue weighted by Crippen LogP contribution is -2.28. The van der Waals surface area contributed by atoms with Gasteiger partial charge in [-0.25, -0.2) is 0 Å². The highest BCUT2D eigenvalue weighted by molar-refractivity contribution is 7.80. The van der Waals surface area contributed by atoms with Gasteiger partial charge in [-0.05, 0) is 24.4 Å². The fourth-order valence-corrected chi connectivity index (χ4v) is 0.438. The van der Waals surface area contributed by atoms with Crippen LogP contribution < -0.4 is 10.6 Å². The third-order valence-electron chi connectivity index (χ3n) is 1.02. The van der Waals surface area contributed by atoms with Gasteiger partial charge in [-0.2, -0.15) is 0 Å². The zero-order chi connectivity index (χ0) is 9.23. The maximum absolute atomic E-state index is 4.63. The number of pyridine rings is 1. The molecule has 0 saturated heterocycles. The molecule has 0 spiro atoms. The molecular weight excluding hydrogens is 170 g/mol. The standard InChI is InChI=1S/C5H5N.C3H8N2S/c1-2-4-6-5-3-1;1-4-3(6)5-2/h1-5H;1-2H3,(H2,4,5,6). The minimum absolute atomic E-state index is 0.676. The second-order valence-electron chi connectivity index (χ2n) is 1.85. The van der Waals surface area contributed by atoms with Crippen molar-refractivity contribution in [3.8, 4) is 0 Å². The van der Waals surface area contributed by atoms with Crippen LogP contribution in [0.1, 0.15) is 0 Å². The molecule has 1 aromatic rings. The zero-order valence-corrected chi connectivity index (χ0v) is 8.06. The molecule has 3 nitrogen and oxygen atoms in total. The summed E-state index contributed by atoms with van der Waals surface area (Å²) in [4.78, 5) is 3.78. The maximum Gasteiger partial charge on any atom is 0.165 e. The van der Waals surface area contributed by atoms with E-state index in [1.54, 1.807) is 26.5 Å². The first-order valence-electron chi connectivity index (χ1n) is 3.55. The van der Waals surface area contributed by atoms with E-state index in [4.69, 9.17) is 0 Å². The smallest absolute Gasteiger partial charge is 0.165 e. The molecule has 4 heteroatoms. The summed E-state index contributed by atoms with van der Waals surface area (Å²) in [6.07, 6.45) is 3.50. The Hall–Kier alpha value is -1.16. The van der Waals surface area contributed by atoms with Gasteiger partial charge >= 0.3 is 0 Å². The lowest BCUT2D eigenvalue weighted by Gasteiger charge is -1.95. The van der Waals surface area contributed by atoms with Crippen LogP contribution in [0.3, 0.4) is 0 Å². The number of nitrogens with one attached hydrogen (secondary N) is 2. The van der Waals surface area contributed by atoms with Crippen molar-refractivity contribution in [2.24, 2.45) is 0 Å². The van der Waals surface area contributed by atoms with E-state index in [0.29, 0.717) is 5.11 Å². The van der Waals surface area contributed by atoms with Gasteiger partial charge in [-0.1, -0.05) is 6.07 Å². The Balaban J connectivity index is 0.000000202. The lowest BCUT2D eigenvalue weighted by atomic mass is 10.5. The van der Waals surface area contributed by atoms with Gasteiger partial charge in [0, 0.05) is 26.5 Å². The van der Waals surface area contributed by atoms with Crippen LogP contribution in [0.4, 0.5) is 0 Å². The van der Waals surface area contributed by atoms with Gasteiger partial charge in [0.25, 0.3) is 0 Å². The predicted molar refractivity (Wildman–Crippen MR) is 55.0 cm³/mol. The van der Waals surface area contributed by atoms with Crippen LogP contribution in [-0.2, 0) is 0 Å². The molecule has 0 fully saturated rings. The summed E-state index contributed by atoms with van der Waals surface area (Å²) in [7, 11) is 3.55. The summed E-state index contributed by atoms with van der Waals surface area (Å²) in [6.45, 7) is 0. The third kappa shape index (κ3) is 6.95. The monoisotopic (exact) mass is 183 g/mol. The molecule has 12 heavy (non-hydrogen) atoms. The summed E-state index contributed by atoms with van der Waals surface area (Å²) in [5.41, 5.74) is 0. The number of aromatic nitrogens is 1. The summed E-state index contributed by atoms with van der Waals surface area (Å²) in [5.74, 6) is 0. The Labute approximate surface area is 78.2 Å². The Morgan fingerprint density at radius 3 is 1.67 bits per heavy atom. The molecule has 0 aromatic carbocycles. The van der Waals surface area contributed by atoms with Gasteiger partial charge in [0.15, 0.2) is 5.11 Å². The van der Waals surface area contributed by atoms with Crippen molar-refractivity contribution in [3.63, 3.8) is 0 Å². The van der Waals surface area contributed by atoms with Crippen molar-refractivity contribution in [2.45, 2.75) is 0 Å². The minimum atomic E-state index is 0.676. The van der Waals surface area contributed by atoms with Gasteiger partial charge < -0.3 is 10.6 Å². The van der Waals surface area contributed by atoms with Crippen molar-refractivity contribution < 1.29 is 0 Å². The Bertz CT molecular complexity index is 168. The van der Waals surface area contributed by atoms with E-state index < -0.39 is 0 Å². The van der Waals surface area contributed by atoms with Gasteiger partial charge in [-0.15, -0.1) is 0 Å². The van der Waals surface area contributed by atoms with Gasteiger partial charge in [0.05, 0.1) is 0 Å². The molecule has 0 radical (unpaired) electrons. The van der Waals surface area contributed by atoms with Crippen LogP contribution in [0.15, 0.2) is 30.6 Å². The van der Waals surface area contributed by atoms with E-state index in [0.717, 1.165) is 0 Å². The molecule has 0 bridgehead atoms. The van der Waals surface area contributed by atoms with Crippen LogP contribution in [0.5, 0.6) is 0 Å². The van der Waals surface area contributed by atoms with E-state index in [2.05, 4.69) is 27.8 Å². The highest BCUT2D eigenvalue weighted by Gasteiger charge is 1.75. The molecule has 0 aliphatic heterocycles. The molecule has 1 aromatic heterocycles. The number of nitrogens with zero attached hydrogens (tertiary/aromatic N) is 1. The highest BCUT2D eigenvalue weighted by Crippen LogP contribution is 1.73. The number of hydrogen-bond acceptors (Lipinski definition) is 2. The molecule has 66 valence electrons. The van der Waals surface area contributed by atoms with E-state index in [1.165, 1.54) is 0 Å². The number of hydrogen-bond donors (Lipinski definition) is 2. The fraction of sp³-hybridized carbons (Fsp3) is 0.250. The molecule has 0 amide bonds. The van der Waals surface area contributed by atoms with Crippen molar-refractivity contribution in [3.05, 3.63) is 30.6 Å². The third-order valence-corrected chi connectivity index (χ3v) is 1.43. The zero-order valence-electron chi connectivity index (χ0n) is 7.24.